The van der Waals surface area contributed by atoms with Gasteiger partial charge in [0.15, 0.2) is 0 Å². The third-order valence-corrected chi connectivity index (χ3v) is 4.24. The minimum Gasteiger partial charge on any atom is -0.480 e. The van der Waals surface area contributed by atoms with Gasteiger partial charge in [0.25, 0.3) is 0 Å². The van der Waals surface area contributed by atoms with Crippen molar-refractivity contribution >= 4 is 12.0 Å². The maximum Gasteiger partial charge on any atom is 0.329 e. The van der Waals surface area contributed by atoms with E-state index >= 15 is 0 Å². The van der Waals surface area contributed by atoms with Crippen molar-refractivity contribution in [3.8, 4) is 0 Å². The summed E-state index contributed by atoms with van der Waals surface area (Å²) in [6, 6.07) is -0.228. The van der Waals surface area contributed by atoms with Crippen LogP contribution < -0.4 is 0 Å². The van der Waals surface area contributed by atoms with Crippen molar-refractivity contribution in [2.45, 2.75) is 38.8 Å². The molecule has 1 rings (SSSR count). The van der Waals surface area contributed by atoms with Gasteiger partial charge < -0.3 is 14.9 Å². The van der Waals surface area contributed by atoms with Crippen LogP contribution in [0, 0.1) is 0 Å². The highest BCUT2D eigenvalue weighted by Crippen LogP contribution is 2.22. The van der Waals surface area contributed by atoms with Crippen LogP contribution in [0.1, 0.15) is 27.7 Å². The Morgan fingerprint density at radius 3 is 2.21 bits per heavy atom. The topological polar surface area (TPSA) is 64.1 Å². The van der Waals surface area contributed by atoms with Crippen molar-refractivity contribution in [2.24, 2.45) is 0 Å². The molecule has 0 aromatic rings. The summed E-state index contributed by atoms with van der Waals surface area (Å²) in [7, 11) is 3.58. The van der Waals surface area contributed by atoms with Gasteiger partial charge in [-0.1, -0.05) is 0 Å². The van der Waals surface area contributed by atoms with Crippen LogP contribution >= 0.6 is 0 Å². The van der Waals surface area contributed by atoms with Crippen molar-refractivity contribution in [1.82, 2.24) is 14.7 Å². The predicted molar refractivity (Wildman–Crippen MR) is 73.2 cm³/mol. The van der Waals surface area contributed by atoms with Gasteiger partial charge in [-0.15, -0.1) is 0 Å². The molecule has 1 heterocycles. The molecular weight excluding hydrogens is 246 g/mol. The molecule has 1 fully saturated rings. The summed E-state index contributed by atoms with van der Waals surface area (Å²) in [6.45, 7) is 9.24. The monoisotopic (exact) mass is 271 g/mol. The fourth-order valence-electron chi connectivity index (χ4n) is 2.00. The molecule has 0 unspecified atom stereocenters. The first-order valence-electron chi connectivity index (χ1n) is 6.47. The average Bonchev–Trinajstić information content (AvgIpc) is 2.30. The molecule has 0 aromatic carbocycles. The SMILES string of the molecule is CN1CCN(C(=O)N(C)C(C)(C)C(=O)O)CC1(C)C. The second-order valence-electron chi connectivity index (χ2n) is 6.36. The highest BCUT2D eigenvalue weighted by molar-refractivity contribution is 5.85. The summed E-state index contributed by atoms with van der Waals surface area (Å²) in [5.41, 5.74) is -1.30. The summed E-state index contributed by atoms with van der Waals surface area (Å²) >= 11 is 0. The highest BCUT2D eigenvalue weighted by atomic mass is 16.4. The smallest absolute Gasteiger partial charge is 0.329 e. The number of hydrogen-bond acceptors (Lipinski definition) is 3. The van der Waals surface area contributed by atoms with Gasteiger partial charge in [0.1, 0.15) is 5.54 Å². The lowest BCUT2D eigenvalue weighted by atomic mass is 9.99. The van der Waals surface area contributed by atoms with E-state index in [1.807, 2.05) is 7.05 Å². The number of carboxylic acids is 1. The lowest BCUT2D eigenvalue weighted by Gasteiger charge is -2.47. The molecule has 6 nitrogen and oxygen atoms in total. The number of amides is 2. The number of nitrogens with zero attached hydrogens (tertiary/aromatic N) is 3. The van der Waals surface area contributed by atoms with Crippen LogP contribution in [0.15, 0.2) is 0 Å². The number of piperazine rings is 1. The number of likely N-dealkylation sites (N-methyl/N-ethyl adjacent to an activating group) is 2. The lowest BCUT2D eigenvalue weighted by Crippen LogP contribution is -2.63. The molecule has 1 N–H and O–H groups in total. The van der Waals surface area contributed by atoms with Crippen LogP contribution in [0.25, 0.3) is 0 Å². The molecule has 2 amide bonds. The number of carbonyl (C=O) groups excluding carboxylic acids is 1. The van der Waals surface area contributed by atoms with Crippen LogP contribution in [0.3, 0.4) is 0 Å². The Morgan fingerprint density at radius 2 is 1.79 bits per heavy atom. The van der Waals surface area contributed by atoms with Gasteiger partial charge in [-0.3, -0.25) is 4.90 Å². The van der Waals surface area contributed by atoms with Gasteiger partial charge in [0.05, 0.1) is 0 Å². The molecule has 0 atom stereocenters. The fourth-order valence-corrected chi connectivity index (χ4v) is 2.00. The Bertz CT molecular complexity index is 379. The number of carbonyl (C=O) groups is 2. The van der Waals surface area contributed by atoms with Gasteiger partial charge in [-0.05, 0) is 34.7 Å². The highest BCUT2D eigenvalue weighted by Gasteiger charge is 2.40. The van der Waals surface area contributed by atoms with Crippen molar-refractivity contribution in [1.29, 1.82) is 0 Å². The van der Waals surface area contributed by atoms with E-state index in [-0.39, 0.29) is 11.6 Å². The Kier molecular flexibility index (Phi) is 4.14. The van der Waals surface area contributed by atoms with Crippen LogP contribution in [0.2, 0.25) is 0 Å². The third kappa shape index (κ3) is 3.00. The summed E-state index contributed by atoms with van der Waals surface area (Å²) in [4.78, 5) is 28.9. The normalized spacial score (nSPS) is 20.2. The van der Waals surface area contributed by atoms with E-state index in [1.54, 1.807) is 11.9 Å². The van der Waals surface area contributed by atoms with Gasteiger partial charge >= 0.3 is 12.0 Å². The molecule has 0 bridgehead atoms. The first kappa shape index (κ1) is 15.8. The maximum atomic E-state index is 12.4. The summed E-state index contributed by atoms with van der Waals surface area (Å²) < 4.78 is 0. The number of aliphatic carboxylic acids is 1. The number of urea groups is 1. The van der Waals surface area contributed by atoms with Crippen LogP contribution in [0.4, 0.5) is 4.79 Å². The van der Waals surface area contributed by atoms with E-state index in [4.69, 9.17) is 0 Å². The minimum absolute atomic E-state index is 0.0951. The third-order valence-electron chi connectivity index (χ3n) is 4.24. The van der Waals surface area contributed by atoms with E-state index in [0.717, 1.165) is 6.54 Å². The zero-order valence-corrected chi connectivity index (χ0v) is 12.7. The molecule has 6 heteroatoms. The van der Waals surface area contributed by atoms with E-state index in [1.165, 1.54) is 18.7 Å². The van der Waals surface area contributed by atoms with Crippen molar-refractivity contribution in [3.05, 3.63) is 0 Å². The Morgan fingerprint density at radius 1 is 1.26 bits per heavy atom. The van der Waals surface area contributed by atoms with E-state index in [2.05, 4.69) is 18.7 Å². The molecule has 0 aromatic heterocycles. The zero-order chi connectivity index (χ0) is 15.0. The van der Waals surface area contributed by atoms with Crippen LogP contribution in [-0.2, 0) is 4.79 Å². The number of hydrogen-bond donors (Lipinski definition) is 1. The van der Waals surface area contributed by atoms with Crippen molar-refractivity contribution in [3.63, 3.8) is 0 Å². The number of rotatable bonds is 2. The van der Waals surface area contributed by atoms with E-state index in [9.17, 15) is 14.7 Å². The van der Waals surface area contributed by atoms with Gasteiger partial charge in [0, 0.05) is 32.2 Å². The second kappa shape index (κ2) is 5.00. The molecule has 1 aliphatic rings. The second-order valence-corrected chi connectivity index (χ2v) is 6.36. The van der Waals surface area contributed by atoms with E-state index in [0.29, 0.717) is 13.1 Å². The largest absolute Gasteiger partial charge is 0.480 e. The van der Waals surface area contributed by atoms with Crippen LogP contribution in [0.5, 0.6) is 0 Å². The quantitative estimate of drug-likeness (QED) is 0.811. The molecule has 0 saturated carbocycles. The molecule has 1 aliphatic heterocycles. The average molecular weight is 271 g/mol. The fraction of sp³-hybridized carbons (Fsp3) is 0.846. The Labute approximate surface area is 115 Å². The summed E-state index contributed by atoms with van der Waals surface area (Å²) in [5, 5.41) is 9.18. The van der Waals surface area contributed by atoms with Gasteiger partial charge in [0.2, 0.25) is 0 Å². The molecule has 0 aliphatic carbocycles. The predicted octanol–water partition coefficient (Wildman–Crippen LogP) is 0.927. The zero-order valence-electron chi connectivity index (χ0n) is 12.7. The summed E-state index contributed by atoms with van der Waals surface area (Å²) in [6.07, 6.45) is 0. The van der Waals surface area contributed by atoms with Gasteiger partial charge in [-0.2, -0.15) is 0 Å². The van der Waals surface area contributed by atoms with Crippen molar-refractivity contribution in [2.75, 3.05) is 33.7 Å². The summed E-state index contributed by atoms with van der Waals surface area (Å²) in [5.74, 6) is -1.00. The molecule has 1 saturated heterocycles. The van der Waals surface area contributed by atoms with Gasteiger partial charge in [-0.25, -0.2) is 9.59 Å². The standard InChI is InChI=1S/C13H25N3O3/c1-12(2)9-16(8-7-14(12)5)11(19)15(6)13(3,4)10(17)18/h7-9H2,1-6H3,(H,17,18). The lowest BCUT2D eigenvalue weighted by molar-refractivity contribution is -0.147. The molecular formula is C13H25N3O3. The number of carboxylic acid groups (broad SMARTS) is 1. The first-order chi connectivity index (χ1) is 8.50. The van der Waals surface area contributed by atoms with Crippen LogP contribution in [-0.4, -0.2) is 76.6 Å². The molecule has 0 spiro atoms. The van der Waals surface area contributed by atoms with Crippen molar-refractivity contribution < 1.29 is 14.7 Å². The molecule has 110 valence electrons. The first-order valence-corrected chi connectivity index (χ1v) is 6.47. The maximum absolute atomic E-state index is 12.4. The Hall–Kier alpha value is -1.30. The molecule has 19 heavy (non-hydrogen) atoms. The molecule has 0 radical (unpaired) electrons. The van der Waals surface area contributed by atoms with E-state index < -0.39 is 11.5 Å². The minimum atomic E-state index is -1.20. The Balaban J connectivity index is 2.82.